The Kier molecular flexibility index (Phi) is 8.83. The monoisotopic (exact) mass is 413 g/mol. The van der Waals surface area contributed by atoms with Gasteiger partial charge in [0.15, 0.2) is 0 Å². The standard InChI is InChI=1S/C22H27N3O5/c1-16-7-9-18(10-8-16)24-20(26)14-23-21(27)15-25(11-12-29-2)22(28)17-5-4-6-19(13-17)30-3/h4-10,13H,11-12,14-15H2,1-3H3,(H,23,27)(H,24,26). The van der Waals surface area contributed by atoms with Crippen LogP contribution in [0.25, 0.3) is 0 Å². The quantitative estimate of drug-likeness (QED) is 0.620. The number of hydrogen-bond donors (Lipinski definition) is 2. The van der Waals surface area contributed by atoms with Gasteiger partial charge in [0.1, 0.15) is 5.75 Å². The first-order valence-corrected chi connectivity index (χ1v) is 9.48. The van der Waals surface area contributed by atoms with Crippen LogP contribution < -0.4 is 15.4 Å². The van der Waals surface area contributed by atoms with E-state index in [-0.39, 0.29) is 38.1 Å². The molecular formula is C22H27N3O5. The zero-order valence-electron chi connectivity index (χ0n) is 17.4. The molecule has 0 aliphatic heterocycles. The minimum Gasteiger partial charge on any atom is -0.497 e. The highest BCUT2D eigenvalue weighted by Gasteiger charge is 2.19. The topological polar surface area (TPSA) is 97.0 Å². The molecule has 3 amide bonds. The molecule has 0 radical (unpaired) electrons. The first kappa shape index (κ1) is 22.9. The van der Waals surface area contributed by atoms with E-state index in [1.165, 1.54) is 19.1 Å². The minimum absolute atomic E-state index is 0.196. The fraction of sp³-hybridized carbons (Fsp3) is 0.318. The van der Waals surface area contributed by atoms with Crippen LogP contribution in [-0.4, -0.2) is 63.1 Å². The smallest absolute Gasteiger partial charge is 0.254 e. The number of ether oxygens (including phenoxy) is 2. The maximum Gasteiger partial charge on any atom is 0.254 e. The first-order chi connectivity index (χ1) is 14.4. The molecule has 0 saturated heterocycles. The third-order valence-electron chi connectivity index (χ3n) is 4.29. The van der Waals surface area contributed by atoms with Crippen molar-refractivity contribution in [1.29, 1.82) is 0 Å². The number of rotatable bonds is 10. The summed E-state index contributed by atoms with van der Waals surface area (Å²) in [7, 11) is 3.03. The summed E-state index contributed by atoms with van der Waals surface area (Å²) < 4.78 is 10.2. The van der Waals surface area contributed by atoms with Gasteiger partial charge in [-0.25, -0.2) is 0 Å². The summed E-state index contributed by atoms with van der Waals surface area (Å²) in [5.41, 5.74) is 2.13. The third kappa shape index (κ3) is 7.21. The number of carbonyl (C=O) groups excluding carboxylic acids is 3. The van der Waals surface area contributed by atoms with E-state index >= 15 is 0 Å². The number of carbonyl (C=O) groups is 3. The van der Waals surface area contributed by atoms with Crippen LogP contribution >= 0.6 is 0 Å². The lowest BCUT2D eigenvalue weighted by atomic mass is 10.2. The summed E-state index contributed by atoms with van der Waals surface area (Å²) in [5, 5.41) is 5.24. The van der Waals surface area contributed by atoms with Crippen molar-refractivity contribution in [3.63, 3.8) is 0 Å². The van der Waals surface area contributed by atoms with E-state index in [2.05, 4.69) is 10.6 Å². The average molecular weight is 413 g/mol. The summed E-state index contributed by atoms with van der Waals surface area (Å²) in [6, 6.07) is 14.0. The average Bonchev–Trinajstić information content (AvgIpc) is 2.76. The lowest BCUT2D eigenvalue weighted by Crippen LogP contribution is -2.44. The highest BCUT2D eigenvalue weighted by Crippen LogP contribution is 2.14. The van der Waals surface area contributed by atoms with Gasteiger partial charge in [-0.05, 0) is 37.3 Å². The number of hydrogen-bond acceptors (Lipinski definition) is 5. The molecule has 8 heteroatoms. The minimum atomic E-state index is -0.443. The molecule has 2 aromatic carbocycles. The second kappa shape index (κ2) is 11.6. The molecule has 0 unspecified atom stereocenters. The second-order valence-corrected chi connectivity index (χ2v) is 6.64. The van der Waals surface area contributed by atoms with Gasteiger partial charge in [0.05, 0.1) is 26.8 Å². The molecular weight excluding hydrogens is 386 g/mol. The maximum absolute atomic E-state index is 12.8. The number of nitrogens with zero attached hydrogens (tertiary/aromatic N) is 1. The summed E-state index contributed by atoms with van der Waals surface area (Å²) in [5.74, 6) is -0.578. The number of anilines is 1. The lowest BCUT2D eigenvalue weighted by molar-refractivity contribution is -0.124. The molecule has 0 bridgehead atoms. The molecule has 0 heterocycles. The van der Waals surface area contributed by atoms with Crippen LogP contribution in [0.2, 0.25) is 0 Å². The Morgan fingerprint density at radius 2 is 1.73 bits per heavy atom. The molecule has 160 valence electrons. The van der Waals surface area contributed by atoms with E-state index in [4.69, 9.17) is 9.47 Å². The predicted octanol–water partition coefficient (Wildman–Crippen LogP) is 1.85. The van der Waals surface area contributed by atoms with Crippen molar-refractivity contribution in [3.05, 3.63) is 59.7 Å². The highest BCUT2D eigenvalue weighted by atomic mass is 16.5. The molecule has 0 spiro atoms. The van der Waals surface area contributed by atoms with E-state index in [1.807, 2.05) is 19.1 Å². The van der Waals surface area contributed by atoms with Crippen LogP contribution in [0.1, 0.15) is 15.9 Å². The fourth-order valence-electron chi connectivity index (χ4n) is 2.64. The van der Waals surface area contributed by atoms with Crippen molar-refractivity contribution in [2.24, 2.45) is 0 Å². The summed E-state index contributed by atoms with van der Waals surface area (Å²) in [6.45, 7) is 2.07. The van der Waals surface area contributed by atoms with Crippen LogP contribution in [0.4, 0.5) is 5.69 Å². The van der Waals surface area contributed by atoms with E-state index in [0.717, 1.165) is 5.56 Å². The molecule has 0 aromatic heterocycles. The summed E-state index contributed by atoms with van der Waals surface area (Å²) >= 11 is 0. The van der Waals surface area contributed by atoms with Gasteiger partial charge in [0, 0.05) is 24.9 Å². The molecule has 8 nitrogen and oxygen atoms in total. The third-order valence-corrected chi connectivity index (χ3v) is 4.29. The van der Waals surface area contributed by atoms with Crippen molar-refractivity contribution in [3.8, 4) is 5.75 Å². The van der Waals surface area contributed by atoms with Gasteiger partial charge in [-0.2, -0.15) is 0 Å². The van der Waals surface area contributed by atoms with Gasteiger partial charge in [-0.1, -0.05) is 23.8 Å². The Morgan fingerprint density at radius 1 is 1.00 bits per heavy atom. The van der Waals surface area contributed by atoms with Gasteiger partial charge in [-0.15, -0.1) is 0 Å². The number of aryl methyl sites for hydroxylation is 1. The highest BCUT2D eigenvalue weighted by molar-refractivity contribution is 5.98. The maximum atomic E-state index is 12.8. The largest absolute Gasteiger partial charge is 0.497 e. The molecule has 2 rings (SSSR count). The number of methoxy groups -OCH3 is 2. The van der Waals surface area contributed by atoms with Crippen molar-refractivity contribution in [2.75, 3.05) is 45.8 Å². The van der Waals surface area contributed by atoms with Crippen LogP contribution in [0.5, 0.6) is 5.75 Å². The van der Waals surface area contributed by atoms with E-state index < -0.39 is 5.91 Å². The van der Waals surface area contributed by atoms with Crippen LogP contribution in [0, 0.1) is 6.92 Å². The number of nitrogens with one attached hydrogen (secondary N) is 2. The Bertz CT molecular complexity index is 867. The second-order valence-electron chi connectivity index (χ2n) is 6.64. The Hall–Kier alpha value is -3.39. The predicted molar refractivity (Wildman–Crippen MR) is 114 cm³/mol. The van der Waals surface area contributed by atoms with Gasteiger partial charge in [-0.3, -0.25) is 14.4 Å². The van der Waals surface area contributed by atoms with Crippen molar-refractivity contribution >= 4 is 23.4 Å². The number of benzene rings is 2. The lowest BCUT2D eigenvalue weighted by Gasteiger charge is -2.22. The van der Waals surface area contributed by atoms with E-state index in [9.17, 15) is 14.4 Å². The molecule has 0 fully saturated rings. The van der Waals surface area contributed by atoms with Gasteiger partial charge in [0.2, 0.25) is 11.8 Å². The molecule has 30 heavy (non-hydrogen) atoms. The number of amides is 3. The van der Waals surface area contributed by atoms with E-state index in [0.29, 0.717) is 17.0 Å². The van der Waals surface area contributed by atoms with Gasteiger partial charge in [0.25, 0.3) is 5.91 Å². The van der Waals surface area contributed by atoms with Crippen LogP contribution in [-0.2, 0) is 14.3 Å². The Morgan fingerprint density at radius 3 is 2.40 bits per heavy atom. The zero-order chi connectivity index (χ0) is 21.9. The van der Waals surface area contributed by atoms with Gasteiger partial charge >= 0.3 is 0 Å². The molecule has 0 saturated carbocycles. The molecule has 2 aromatic rings. The molecule has 2 N–H and O–H groups in total. The first-order valence-electron chi connectivity index (χ1n) is 9.48. The zero-order valence-corrected chi connectivity index (χ0v) is 17.4. The summed E-state index contributed by atoms with van der Waals surface area (Å²) in [6.07, 6.45) is 0. The van der Waals surface area contributed by atoms with Crippen molar-refractivity contribution in [2.45, 2.75) is 6.92 Å². The van der Waals surface area contributed by atoms with E-state index in [1.54, 1.807) is 36.4 Å². The van der Waals surface area contributed by atoms with Crippen molar-refractivity contribution in [1.82, 2.24) is 10.2 Å². The van der Waals surface area contributed by atoms with Crippen LogP contribution in [0.15, 0.2) is 48.5 Å². The molecule has 0 atom stereocenters. The Balaban J connectivity index is 1.92. The summed E-state index contributed by atoms with van der Waals surface area (Å²) in [4.78, 5) is 38.6. The van der Waals surface area contributed by atoms with Crippen molar-refractivity contribution < 1.29 is 23.9 Å². The van der Waals surface area contributed by atoms with Gasteiger partial charge < -0.3 is 25.0 Å². The molecule has 0 aliphatic rings. The Labute approximate surface area is 176 Å². The molecule has 0 aliphatic carbocycles. The normalized spacial score (nSPS) is 10.2. The fourth-order valence-corrected chi connectivity index (χ4v) is 2.64. The SMILES string of the molecule is COCCN(CC(=O)NCC(=O)Nc1ccc(C)cc1)C(=O)c1cccc(OC)c1. The van der Waals surface area contributed by atoms with Crippen LogP contribution in [0.3, 0.4) is 0 Å².